The van der Waals surface area contributed by atoms with E-state index in [0.717, 1.165) is 6.07 Å². The molecule has 0 saturated heterocycles. The van der Waals surface area contributed by atoms with Crippen LogP contribution in [0, 0.1) is 10.1 Å². The molecule has 100 valence electrons. The van der Waals surface area contributed by atoms with E-state index in [1.807, 2.05) is 0 Å². The molecule has 0 atom stereocenters. The van der Waals surface area contributed by atoms with E-state index in [2.05, 4.69) is 10.3 Å². The number of sulfonamides is 1. The monoisotopic (exact) mass is 275 g/mol. The van der Waals surface area contributed by atoms with E-state index in [4.69, 9.17) is 5.84 Å². The molecule has 0 bridgehead atoms. The fourth-order valence-electron chi connectivity index (χ4n) is 1.24. The Balaban J connectivity index is 3.28. The number of nitro benzene ring substituents is 1. The number of nitrogen functional groups attached to an aromatic ring is 1. The Morgan fingerprint density at radius 3 is 2.44 bits per heavy atom. The number of anilines is 1. The zero-order chi connectivity index (χ0) is 13.9. The number of rotatable bonds is 5. The van der Waals surface area contributed by atoms with Gasteiger partial charge < -0.3 is 5.43 Å². The third-order valence-corrected chi connectivity index (χ3v) is 3.41. The van der Waals surface area contributed by atoms with Crippen LogP contribution in [-0.4, -0.2) is 32.4 Å². The molecule has 0 radical (unpaired) electrons. The fourth-order valence-corrected chi connectivity index (χ4v) is 2.34. The maximum absolute atomic E-state index is 11.8. The topological polar surface area (TPSA) is 131 Å². The molecule has 0 aliphatic rings. The lowest BCUT2D eigenvalue weighted by Gasteiger charge is -2.12. The second-order valence-electron chi connectivity index (χ2n) is 3.57. The molecular formula is C8H13N5O4S. The van der Waals surface area contributed by atoms with Gasteiger partial charge in [-0.3, -0.25) is 16.0 Å². The standard InChI is InChI=1S/C8H13N5O4S/c1-12(2)11-18(16,17)6-3-4-7(10-9)8(5-6)13(14)15/h3-5,10-11H,9H2,1-2H3. The smallest absolute Gasteiger partial charge is 0.294 e. The lowest BCUT2D eigenvalue weighted by atomic mass is 10.3. The summed E-state index contributed by atoms with van der Waals surface area (Å²) in [6.07, 6.45) is 0. The van der Waals surface area contributed by atoms with Gasteiger partial charge in [-0.1, -0.05) is 0 Å². The normalized spacial score (nSPS) is 11.6. The van der Waals surface area contributed by atoms with Crippen molar-refractivity contribution in [3.63, 3.8) is 0 Å². The number of nitro groups is 1. The molecule has 1 aromatic rings. The number of nitrogens with one attached hydrogen (secondary N) is 2. The fraction of sp³-hybridized carbons (Fsp3) is 0.250. The molecule has 0 heterocycles. The molecular weight excluding hydrogens is 262 g/mol. The third-order valence-electron chi connectivity index (χ3n) is 1.93. The zero-order valence-corrected chi connectivity index (χ0v) is 10.6. The van der Waals surface area contributed by atoms with Crippen LogP contribution in [0.5, 0.6) is 0 Å². The van der Waals surface area contributed by atoms with E-state index in [1.165, 1.54) is 31.2 Å². The number of hydrogen-bond donors (Lipinski definition) is 3. The first kappa shape index (κ1) is 14.3. The summed E-state index contributed by atoms with van der Waals surface area (Å²) >= 11 is 0. The number of hydrogen-bond acceptors (Lipinski definition) is 7. The Kier molecular flexibility index (Phi) is 4.19. The summed E-state index contributed by atoms with van der Waals surface area (Å²) in [4.78, 5) is 12.0. The van der Waals surface area contributed by atoms with E-state index in [-0.39, 0.29) is 10.6 Å². The second-order valence-corrected chi connectivity index (χ2v) is 5.23. The van der Waals surface area contributed by atoms with Crippen LogP contribution in [0.2, 0.25) is 0 Å². The minimum atomic E-state index is -3.84. The number of nitrogens with zero attached hydrogens (tertiary/aromatic N) is 2. The van der Waals surface area contributed by atoms with Gasteiger partial charge in [0.1, 0.15) is 5.69 Å². The van der Waals surface area contributed by atoms with Gasteiger partial charge in [0.05, 0.1) is 9.82 Å². The van der Waals surface area contributed by atoms with Crippen molar-refractivity contribution in [2.45, 2.75) is 4.90 Å². The van der Waals surface area contributed by atoms with Gasteiger partial charge in [0.2, 0.25) is 0 Å². The molecule has 0 aromatic heterocycles. The first-order valence-corrected chi connectivity index (χ1v) is 6.21. The van der Waals surface area contributed by atoms with Crippen molar-refractivity contribution in [1.29, 1.82) is 0 Å². The predicted molar refractivity (Wildman–Crippen MR) is 64.9 cm³/mol. The van der Waals surface area contributed by atoms with Gasteiger partial charge in [-0.25, -0.2) is 13.4 Å². The van der Waals surface area contributed by atoms with E-state index in [9.17, 15) is 18.5 Å². The average Bonchev–Trinajstić information content (AvgIpc) is 2.26. The molecule has 0 unspecified atom stereocenters. The molecule has 9 nitrogen and oxygen atoms in total. The average molecular weight is 275 g/mol. The summed E-state index contributed by atoms with van der Waals surface area (Å²) < 4.78 is 23.6. The van der Waals surface area contributed by atoms with Crippen molar-refractivity contribution >= 4 is 21.4 Å². The molecule has 0 fully saturated rings. The molecule has 1 rings (SSSR count). The molecule has 0 spiro atoms. The van der Waals surface area contributed by atoms with Crippen LogP contribution in [0.3, 0.4) is 0 Å². The summed E-state index contributed by atoms with van der Waals surface area (Å²) in [6.45, 7) is 0. The molecule has 0 aliphatic heterocycles. The lowest BCUT2D eigenvalue weighted by Crippen LogP contribution is -2.36. The van der Waals surface area contributed by atoms with Crippen molar-refractivity contribution in [2.24, 2.45) is 5.84 Å². The van der Waals surface area contributed by atoms with E-state index < -0.39 is 20.6 Å². The Morgan fingerprint density at radius 2 is 2.00 bits per heavy atom. The molecule has 18 heavy (non-hydrogen) atoms. The van der Waals surface area contributed by atoms with Crippen LogP contribution < -0.4 is 16.1 Å². The van der Waals surface area contributed by atoms with E-state index >= 15 is 0 Å². The quantitative estimate of drug-likeness (QED) is 0.380. The number of hydrazine groups is 2. The minimum Gasteiger partial charge on any atom is -0.318 e. The summed E-state index contributed by atoms with van der Waals surface area (Å²) in [6, 6.07) is 3.37. The van der Waals surface area contributed by atoms with Crippen LogP contribution >= 0.6 is 0 Å². The van der Waals surface area contributed by atoms with Crippen molar-refractivity contribution in [3.05, 3.63) is 28.3 Å². The molecule has 0 aliphatic carbocycles. The van der Waals surface area contributed by atoms with Crippen LogP contribution in [0.4, 0.5) is 11.4 Å². The molecule has 0 saturated carbocycles. The molecule has 1 aromatic carbocycles. The highest BCUT2D eigenvalue weighted by Gasteiger charge is 2.21. The second kappa shape index (κ2) is 5.27. The zero-order valence-electron chi connectivity index (χ0n) is 9.75. The Bertz CT molecular complexity index is 557. The Morgan fingerprint density at radius 1 is 1.39 bits per heavy atom. The highest BCUT2D eigenvalue weighted by atomic mass is 32.2. The maximum Gasteiger partial charge on any atom is 0.294 e. The Hall–Kier alpha value is -1.75. The highest BCUT2D eigenvalue weighted by Crippen LogP contribution is 2.26. The van der Waals surface area contributed by atoms with E-state index in [1.54, 1.807) is 0 Å². The SMILES string of the molecule is CN(C)NS(=O)(=O)c1ccc(NN)c([N+](=O)[O-])c1. The Labute approximate surface area is 104 Å². The summed E-state index contributed by atoms with van der Waals surface area (Å²) in [5.41, 5.74) is 1.74. The van der Waals surface area contributed by atoms with Crippen molar-refractivity contribution in [3.8, 4) is 0 Å². The minimum absolute atomic E-state index is 0.0313. The van der Waals surface area contributed by atoms with Gasteiger partial charge in [0.25, 0.3) is 15.7 Å². The first-order chi connectivity index (χ1) is 8.27. The third kappa shape index (κ3) is 3.13. The van der Waals surface area contributed by atoms with Gasteiger partial charge in [-0.2, -0.15) is 0 Å². The molecule has 0 amide bonds. The molecule has 4 N–H and O–H groups in total. The van der Waals surface area contributed by atoms with Gasteiger partial charge >= 0.3 is 0 Å². The first-order valence-electron chi connectivity index (χ1n) is 4.73. The largest absolute Gasteiger partial charge is 0.318 e. The lowest BCUT2D eigenvalue weighted by molar-refractivity contribution is -0.384. The van der Waals surface area contributed by atoms with Crippen LogP contribution in [0.1, 0.15) is 0 Å². The van der Waals surface area contributed by atoms with Gasteiger partial charge in [0.15, 0.2) is 0 Å². The van der Waals surface area contributed by atoms with Crippen LogP contribution in [0.15, 0.2) is 23.1 Å². The van der Waals surface area contributed by atoms with Crippen LogP contribution in [-0.2, 0) is 10.0 Å². The highest BCUT2D eigenvalue weighted by molar-refractivity contribution is 7.89. The summed E-state index contributed by atoms with van der Waals surface area (Å²) in [5.74, 6) is 5.10. The van der Waals surface area contributed by atoms with E-state index in [0.29, 0.717) is 0 Å². The van der Waals surface area contributed by atoms with Gasteiger partial charge in [-0.15, -0.1) is 4.83 Å². The number of benzene rings is 1. The summed E-state index contributed by atoms with van der Waals surface area (Å²) in [5, 5.41) is 12.0. The molecule has 10 heteroatoms. The predicted octanol–water partition coefficient (Wildman–Crippen LogP) is -0.365. The number of nitrogens with two attached hydrogens (primary N) is 1. The summed E-state index contributed by atoms with van der Waals surface area (Å²) in [7, 11) is -0.862. The maximum atomic E-state index is 11.8. The van der Waals surface area contributed by atoms with Crippen molar-refractivity contribution in [2.75, 3.05) is 19.5 Å². The van der Waals surface area contributed by atoms with Gasteiger partial charge in [0, 0.05) is 20.2 Å². The van der Waals surface area contributed by atoms with Gasteiger partial charge in [-0.05, 0) is 12.1 Å². The van der Waals surface area contributed by atoms with Crippen molar-refractivity contribution < 1.29 is 13.3 Å². The van der Waals surface area contributed by atoms with Crippen molar-refractivity contribution in [1.82, 2.24) is 9.84 Å². The van der Waals surface area contributed by atoms with Crippen LogP contribution in [0.25, 0.3) is 0 Å².